The minimum Gasteiger partial charge on any atom is -0.679 e. The summed E-state index contributed by atoms with van der Waals surface area (Å²) in [5, 5.41) is 0. The van der Waals surface area contributed by atoms with Gasteiger partial charge in [0.1, 0.15) is 0 Å². The molecule has 0 fully saturated rings. The molecule has 0 rings (SSSR count). The van der Waals surface area contributed by atoms with Crippen LogP contribution in [0, 0.1) is 0 Å². The first-order valence-corrected chi connectivity index (χ1v) is 4.88. The van der Waals surface area contributed by atoms with Gasteiger partial charge in [-0.3, -0.25) is 0 Å². The second kappa shape index (κ2) is 20.7. The normalized spacial score (nSPS) is 14.1. The maximum absolute atomic E-state index is 6.64. The van der Waals surface area contributed by atoms with Crippen LogP contribution < -0.4 is 0 Å². The SMILES string of the molecule is CC([NH-])C[NH-].CC([NH-])C[NH-].CC([NH-])C[NH-].[Co+3]. The zero-order chi connectivity index (χ0) is 12.9. The number of nitrogens with one attached hydrogen (secondary N) is 6. The summed E-state index contributed by atoms with van der Waals surface area (Å²) in [7, 11) is 0. The molecular formula is C9H24CoN6-3. The molecule has 7 heteroatoms. The van der Waals surface area contributed by atoms with E-state index >= 15 is 0 Å². The minimum atomic E-state index is -0.199. The zero-order valence-electron chi connectivity index (χ0n) is 10.2. The topological polar surface area (TPSA) is 143 Å². The molecule has 102 valence electrons. The quantitative estimate of drug-likeness (QED) is 0.717. The summed E-state index contributed by atoms with van der Waals surface area (Å²) in [5.74, 6) is 0. The van der Waals surface area contributed by atoms with Gasteiger partial charge in [0.25, 0.3) is 0 Å². The molecule has 0 spiro atoms. The molecule has 6 nitrogen and oxygen atoms in total. The minimum absolute atomic E-state index is 0. The zero-order valence-corrected chi connectivity index (χ0v) is 11.2. The van der Waals surface area contributed by atoms with Gasteiger partial charge in [-0.15, -0.1) is 0 Å². The first-order chi connectivity index (χ1) is 6.81. The first-order valence-electron chi connectivity index (χ1n) is 4.88. The number of hydrogen-bond acceptors (Lipinski definition) is 0. The molecule has 0 aliphatic carbocycles. The van der Waals surface area contributed by atoms with E-state index in [9.17, 15) is 0 Å². The Morgan fingerprint density at radius 2 is 0.688 bits per heavy atom. The maximum atomic E-state index is 6.64. The van der Waals surface area contributed by atoms with E-state index in [4.69, 9.17) is 34.4 Å². The fourth-order valence-corrected chi connectivity index (χ4v) is 0. The van der Waals surface area contributed by atoms with E-state index in [0.717, 1.165) is 0 Å². The molecule has 0 aliphatic rings. The fourth-order valence-electron chi connectivity index (χ4n) is 0. The van der Waals surface area contributed by atoms with Crippen molar-refractivity contribution >= 4 is 0 Å². The van der Waals surface area contributed by atoms with Crippen LogP contribution in [0.1, 0.15) is 20.8 Å². The van der Waals surface area contributed by atoms with Crippen molar-refractivity contribution in [1.82, 2.24) is 0 Å². The Morgan fingerprint density at radius 1 is 0.625 bits per heavy atom. The molecule has 0 aromatic rings. The van der Waals surface area contributed by atoms with Crippen molar-refractivity contribution in [2.45, 2.75) is 38.9 Å². The van der Waals surface area contributed by atoms with Crippen LogP contribution in [0.5, 0.6) is 0 Å². The second-order valence-corrected chi connectivity index (χ2v) is 3.32. The molecule has 0 saturated carbocycles. The summed E-state index contributed by atoms with van der Waals surface area (Å²) >= 11 is 0. The van der Waals surface area contributed by atoms with E-state index in [-0.39, 0.29) is 54.5 Å². The van der Waals surface area contributed by atoms with Gasteiger partial charge in [0.2, 0.25) is 0 Å². The first kappa shape index (κ1) is 25.2. The fraction of sp³-hybridized carbons (Fsp3) is 1.00. The summed E-state index contributed by atoms with van der Waals surface area (Å²) in [6, 6.07) is -0.597. The van der Waals surface area contributed by atoms with Crippen molar-refractivity contribution in [2.24, 2.45) is 0 Å². The van der Waals surface area contributed by atoms with Gasteiger partial charge in [-0.05, 0) is 0 Å². The molecule has 0 aliphatic heterocycles. The number of hydrogen-bond donors (Lipinski definition) is 0. The van der Waals surface area contributed by atoms with E-state index in [0.29, 0.717) is 0 Å². The Kier molecular flexibility index (Phi) is 32.5. The summed E-state index contributed by atoms with van der Waals surface area (Å²) < 4.78 is 0. The van der Waals surface area contributed by atoms with Crippen LogP contribution in [-0.4, -0.2) is 37.8 Å². The van der Waals surface area contributed by atoms with Crippen molar-refractivity contribution in [1.29, 1.82) is 0 Å². The van der Waals surface area contributed by atoms with Crippen molar-refractivity contribution < 1.29 is 16.8 Å². The smallest absolute Gasteiger partial charge is 0.679 e. The van der Waals surface area contributed by atoms with Crippen molar-refractivity contribution in [3.05, 3.63) is 34.4 Å². The Morgan fingerprint density at radius 3 is 0.688 bits per heavy atom. The van der Waals surface area contributed by atoms with Crippen LogP contribution in [-0.2, 0) is 16.8 Å². The maximum Gasteiger partial charge on any atom is 3.00 e. The van der Waals surface area contributed by atoms with Gasteiger partial charge >= 0.3 is 16.8 Å². The Labute approximate surface area is 110 Å². The monoisotopic (exact) mass is 275 g/mol. The Bertz CT molecular complexity index is 81.0. The molecule has 0 bridgehead atoms. The van der Waals surface area contributed by atoms with Crippen molar-refractivity contribution in [3.8, 4) is 0 Å². The van der Waals surface area contributed by atoms with Crippen molar-refractivity contribution in [3.63, 3.8) is 0 Å². The summed E-state index contributed by atoms with van der Waals surface area (Å²) in [6.45, 7) is 5.77. The average Bonchev–Trinajstić information content (AvgIpc) is 2.19. The van der Waals surface area contributed by atoms with Gasteiger partial charge in [0.15, 0.2) is 0 Å². The molecule has 0 radical (unpaired) electrons. The molecule has 0 saturated heterocycles. The van der Waals surface area contributed by atoms with Gasteiger partial charge in [-0.1, -0.05) is 20.8 Å². The Hall–Kier alpha value is 0.266. The summed E-state index contributed by atoms with van der Waals surface area (Å²) in [6.07, 6.45) is 0. The molecule has 3 unspecified atom stereocenters. The van der Waals surface area contributed by atoms with Crippen LogP contribution in [0.2, 0.25) is 0 Å². The summed E-state index contributed by atoms with van der Waals surface area (Å²) in [4.78, 5) is 0. The van der Waals surface area contributed by atoms with Gasteiger partial charge in [0.05, 0.1) is 0 Å². The van der Waals surface area contributed by atoms with Crippen molar-refractivity contribution in [2.75, 3.05) is 19.6 Å². The molecule has 0 amide bonds. The molecular weight excluding hydrogens is 251 g/mol. The molecule has 0 aromatic carbocycles. The molecule has 3 atom stereocenters. The predicted molar refractivity (Wildman–Crippen MR) is 68.9 cm³/mol. The van der Waals surface area contributed by atoms with Gasteiger partial charge < -0.3 is 34.4 Å². The second-order valence-electron chi connectivity index (χ2n) is 3.32. The third-order valence-corrected chi connectivity index (χ3v) is 0.919. The van der Waals surface area contributed by atoms with Gasteiger partial charge in [0, 0.05) is 0 Å². The third kappa shape index (κ3) is 63.9. The van der Waals surface area contributed by atoms with E-state index in [2.05, 4.69) is 0 Å². The molecule has 0 heterocycles. The van der Waals surface area contributed by atoms with Gasteiger partial charge in [-0.25, -0.2) is 0 Å². The van der Waals surface area contributed by atoms with Crippen LogP contribution >= 0.6 is 0 Å². The molecule has 0 aromatic heterocycles. The number of rotatable bonds is 3. The van der Waals surface area contributed by atoms with Gasteiger partial charge in [-0.2, -0.15) is 37.8 Å². The van der Waals surface area contributed by atoms with Crippen LogP contribution in [0.25, 0.3) is 34.4 Å². The third-order valence-electron chi connectivity index (χ3n) is 0.919. The van der Waals surface area contributed by atoms with Crippen LogP contribution in [0.15, 0.2) is 0 Å². The molecule has 16 heavy (non-hydrogen) atoms. The van der Waals surface area contributed by atoms with E-state index in [1.54, 1.807) is 20.8 Å². The van der Waals surface area contributed by atoms with E-state index in [1.165, 1.54) is 0 Å². The predicted octanol–water partition coefficient (Wildman–Crippen LogP) is 4.44. The van der Waals surface area contributed by atoms with Crippen LogP contribution in [0.3, 0.4) is 0 Å². The summed E-state index contributed by atoms with van der Waals surface area (Å²) in [5.41, 5.74) is 39.3. The standard InChI is InChI=1S/3C3H8N2.Co/c3*1-3(5)2-4;/h3*3-5H,2H2,1H3;/q3*-2;+3. The largest absolute Gasteiger partial charge is 3.00 e. The molecule has 6 N–H and O–H groups in total. The van der Waals surface area contributed by atoms with E-state index in [1.807, 2.05) is 0 Å². The average molecular weight is 275 g/mol. The van der Waals surface area contributed by atoms with E-state index < -0.39 is 0 Å². The Balaban J connectivity index is -0.0000000655. The van der Waals surface area contributed by atoms with Crippen LogP contribution in [0.4, 0.5) is 0 Å².